The Hall–Kier alpha value is -2.63. The maximum atomic E-state index is 13.3. The van der Waals surface area contributed by atoms with Crippen molar-refractivity contribution >= 4 is 22.6 Å². The van der Waals surface area contributed by atoms with Crippen molar-refractivity contribution in [3.8, 4) is 0 Å². The van der Waals surface area contributed by atoms with E-state index in [4.69, 9.17) is 4.52 Å². The maximum Gasteiger partial charge on any atom is 0.236 e. The molecular formula is C16H14FN3O2. The van der Waals surface area contributed by atoms with Crippen LogP contribution in [0.25, 0.3) is 10.9 Å². The second-order valence-electron chi connectivity index (χ2n) is 5.75. The molecule has 1 aliphatic rings. The number of benzene rings is 1. The highest BCUT2D eigenvalue weighted by Crippen LogP contribution is 2.51. The highest BCUT2D eigenvalue weighted by atomic mass is 19.1. The summed E-state index contributed by atoms with van der Waals surface area (Å²) in [4.78, 5) is 15.7. The van der Waals surface area contributed by atoms with Crippen LogP contribution in [0, 0.1) is 12.7 Å². The van der Waals surface area contributed by atoms with Crippen LogP contribution in [0.15, 0.2) is 35.0 Å². The summed E-state index contributed by atoms with van der Waals surface area (Å²) >= 11 is 0. The van der Waals surface area contributed by atoms with Gasteiger partial charge in [-0.05, 0) is 43.5 Å². The molecular weight excluding hydrogens is 285 g/mol. The van der Waals surface area contributed by atoms with Gasteiger partial charge in [0, 0.05) is 23.2 Å². The van der Waals surface area contributed by atoms with Crippen LogP contribution in [-0.2, 0) is 10.2 Å². The van der Waals surface area contributed by atoms with Gasteiger partial charge in [0.05, 0.1) is 5.41 Å². The molecule has 0 aliphatic heterocycles. The van der Waals surface area contributed by atoms with Crippen molar-refractivity contribution in [3.05, 3.63) is 47.6 Å². The number of rotatable bonds is 3. The van der Waals surface area contributed by atoms with Crippen LogP contribution in [0.2, 0.25) is 0 Å². The first-order valence-corrected chi connectivity index (χ1v) is 7.10. The van der Waals surface area contributed by atoms with Gasteiger partial charge in [-0.15, -0.1) is 0 Å². The van der Waals surface area contributed by atoms with Crippen molar-refractivity contribution in [2.75, 3.05) is 5.32 Å². The number of fused-ring (bicyclic) bond motifs is 1. The van der Waals surface area contributed by atoms with Crippen LogP contribution in [-0.4, -0.2) is 16.0 Å². The molecule has 1 aliphatic carbocycles. The van der Waals surface area contributed by atoms with Crippen molar-refractivity contribution in [3.63, 3.8) is 0 Å². The van der Waals surface area contributed by atoms with Gasteiger partial charge >= 0.3 is 0 Å². The number of hydrogen-bond acceptors (Lipinski definition) is 3. The van der Waals surface area contributed by atoms with E-state index in [0.717, 1.165) is 23.8 Å². The lowest BCUT2D eigenvalue weighted by molar-refractivity contribution is -0.118. The van der Waals surface area contributed by atoms with Crippen molar-refractivity contribution in [1.82, 2.24) is 10.1 Å². The number of aryl methyl sites for hydroxylation is 1. The average Bonchev–Trinajstić information content (AvgIpc) is 3.03. The molecule has 6 heteroatoms. The molecule has 0 saturated heterocycles. The number of hydrogen-bond donors (Lipinski definition) is 2. The number of anilines is 1. The normalized spacial score (nSPS) is 15.9. The summed E-state index contributed by atoms with van der Waals surface area (Å²) < 4.78 is 18.2. The van der Waals surface area contributed by atoms with Crippen molar-refractivity contribution in [2.24, 2.45) is 0 Å². The third-order valence-electron chi connectivity index (χ3n) is 4.21. The third kappa shape index (κ3) is 1.91. The summed E-state index contributed by atoms with van der Waals surface area (Å²) in [5, 5.41) is 7.47. The fourth-order valence-electron chi connectivity index (χ4n) is 2.90. The largest absolute Gasteiger partial charge is 0.361 e. The van der Waals surface area contributed by atoms with E-state index >= 15 is 0 Å². The van der Waals surface area contributed by atoms with E-state index in [0.29, 0.717) is 17.1 Å². The van der Waals surface area contributed by atoms with Gasteiger partial charge in [0.2, 0.25) is 5.91 Å². The number of amides is 1. The van der Waals surface area contributed by atoms with Crippen molar-refractivity contribution in [2.45, 2.75) is 25.2 Å². The molecule has 2 N–H and O–H groups in total. The van der Waals surface area contributed by atoms with Crippen LogP contribution in [0.5, 0.6) is 0 Å². The smallest absolute Gasteiger partial charge is 0.236 e. The highest BCUT2D eigenvalue weighted by molar-refractivity contribution is 6.04. The van der Waals surface area contributed by atoms with Crippen LogP contribution in [0.1, 0.15) is 24.2 Å². The standard InChI is InChI=1S/C16H14FN3O2/c1-9-6-14(20-22-9)19-15(21)16(4-5-16)12-8-18-13-7-10(17)2-3-11(12)13/h2-3,6-8,18H,4-5H2,1H3,(H,19,20,21). The van der Waals surface area contributed by atoms with E-state index < -0.39 is 5.41 Å². The van der Waals surface area contributed by atoms with Crippen molar-refractivity contribution < 1.29 is 13.7 Å². The topological polar surface area (TPSA) is 70.9 Å². The second kappa shape index (κ2) is 4.43. The number of nitrogens with one attached hydrogen (secondary N) is 2. The number of nitrogens with zero attached hydrogens (tertiary/aromatic N) is 1. The summed E-state index contributed by atoms with van der Waals surface area (Å²) in [6, 6.07) is 6.24. The first-order chi connectivity index (χ1) is 10.6. The lowest BCUT2D eigenvalue weighted by Crippen LogP contribution is -2.27. The van der Waals surface area contributed by atoms with E-state index in [1.165, 1.54) is 12.1 Å². The zero-order valence-electron chi connectivity index (χ0n) is 11.9. The Morgan fingerprint density at radius 3 is 2.91 bits per heavy atom. The van der Waals surface area contributed by atoms with Crippen LogP contribution >= 0.6 is 0 Å². The van der Waals surface area contributed by atoms with Crippen LogP contribution in [0.3, 0.4) is 0 Å². The predicted octanol–water partition coefficient (Wildman–Crippen LogP) is 3.27. The third-order valence-corrected chi connectivity index (χ3v) is 4.21. The first kappa shape index (κ1) is 13.1. The Bertz CT molecular complexity index is 877. The number of carbonyl (C=O) groups is 1. The zero-order valence-corrected chi connectivity index (χ0v) is 11.9. The average molecular weight is 299 g/mol. The molecule has 0 unspecified atom stereocenters. The zero-order chi connectivity index (χ0) is 15.3. The van der Waals surface area contributed by atoms with Crippen LogP contribution < -0.4 is 5.32 Å². The number of carbonyl (C=O) groups excluding carboxylic acids is 1. The summed E-state index contributed by atoms with van der Waals surface area (Å²) in [5.74, 6) is 0.654. The molecule has 1 saturated carbocycles. The lowest BCUT2D eigenvalue weighted by Gasteiger charge is -2.13. The van der Waals surface area contributed by atoms with Crippen molar-refractivity contribution in [1.29, 1.82) is 0 Å². The maximum absolute atomic E-state index is 13.3. The molecule has 22 heavy (non-hydrogen) atoms. The molecule has 3 aromatic rings. The summed E-state index contributed by atoms with van der Waals surface area (Å²) in [6.45, 7) is 1.77. The number of H-pyrrole nitrogens is 1. The molecule has 112 valence electrons. The molecule has 0 spiro atoms. The molecule has 2 aromatic heterocycles. The highest BCUT2D eigenvalue weighted by Gasteiger charge is 2.52. The minimum absolute atomic E-state index is 0.106. The van der Waals surface area contributed by atoms with E-state index in [1.54, 1.807) is 25.3 Å². The van der Waals surface area contributed by atoms with Gasteiger partial charge < -0.3 is 14.8 Å². The first-order valence-electron chi connectivity index (χ1n) is 7.10. The Labute approximate surface area is 125 Å². The quantitative estimate of drug-likeness (QED) is 0.779. The molecule has 4 rings (SSSR count). The molecule has 0 atom stereocenters. The molecule has 2 heterocycles. The number of aromatic nitrogens is 2. The SMILES string of the molecule is Cc1cc(NC(=O)C2(c3c[nH]c4cc(F)ccc34)CC2)no1. The summed E-state index contributed by atoms with van der Waals surface area (Å²) in [5.41, 5.74) is 1.04. The summed E-state index contributed by atoms with van der Waals surface area (Å²) in [7, 11) is 0. The number of aromatic amines is 1. The monoisotopic (exact) mass is 299 g/mol. The Morgan fingerprint density at radius 1 is 1.41 bits per heavy atom. The molecule has 1 aromatic carbocycles. The van der Waals surface area contributed by atoms with Gasteiger partial charge in [0.1, 0.15) is 11.6 Å². The van der Waals surface area contributed by atoms with Crippen LogP contribution in [0.4, 0.5) is 10.2 Å². The lowest BCUT2D eigenvalue weighted by atomic mass is 9.94. The molecule has 0 bridgehead atoms. The molecule has 1 fully saturated rings. The van der Waals surface area contributed by atoms with Gasteiger partial charge in [-0.3, -0.25) is 4.79 Å². The Kier molecular flexibility index (Phi) is 2.63. The molecule has 5 nitrogen and oxygen atoms in total. The minimum atomic E-state index is -0.567. The van der Waals surface area contributed by atoms with Gasteiger partial charge in [-0.1, -0.05) is 5.16 Å². The van der Waals surface area contributed by atoms with E-state index in [1.807, 2.05) is 0 Å². The Morgan fingerprint density at radius 2 is 2.23 bits per heavy atom. The minimum Gasteiger partial charge on any atom is -0.361 e. The summed E-state index contributed by atoms with van der Waals surface area (Å²) in [6.07, 6.45) is 3.32. The van der Waals surface area contributed by atoms with E-state index in [9.17, 15) is 9.18 Å². The molecule has 0 radical (unpaired) electrons. The van der Waals surface area contributed by atoms with Gasteiger partial charge in [0.25, 0.3) is 0 Å². The van der Waals surface area contributed by atoms with Gasteiger partial charge in [-0.25, -0.2) is 4.39 Å². The fourth-order valence-corrected chi connectivity index (χ4v) is 2.90. The Balaban J connectivity index is 1.69. The molecule has 1 amide bonds. The fraction of sp³-hybridized carbons (Fsp3) is 0.250. The predicted molar refractivity (Wildman–Crippen MR) is 79.0 cm³/mol. The van der Waals surface area contributed by atoms with Gasteiger partial charge in [0.15, 0.2) is 5.82 Å². The number of halogens is 1. The van der Waals surface area contributed by atoms with E-state index in [-0.39, 0.29) is 11.7 Å². The second-order valence-corrected chi connectivity index (χ2v) is 5.75. The van der Waals surface area contributed by atoms with E-state index in [2.05, 4.69) is 15.5 Å². The van der Waals surface area contributed by atoms with Gasteiger partial charge in [-0.2, -0.15) is 0 Å².